The van der Waals surface area contributed by atoms with Crippen molar-refractivity contribution in [2.24, 2.45) is 11.8 Å². The van der Waals surface area contributed by atoms with E-state index in [-0.39, 0.29) is 23.4 Å². The molecule has 7 nitrogen and oxygen atoms in total. The first-order chi connectivity index (χ1) is 19.4. The van der Waals surface area contributed by atoms with Crippen LogP contribution in [0.15, 0.2) is 108 Å². The van der Waals surface area contributed by atoms with Gasteiger partial charge in [0.15, 0.2) is 0 Å². The summed E-state index contributed by atoms with van der Waals surface area (Å²) in [6.07, 6.45) is 11.6. The van der Waals surface area contributed by atoms with Gasteiger partial charge in [0.05, 0.1) is 17.1 Å². The maximum Gasteiger partial charge on any atom is 0.218 e. The summed E-state index contributed by atoms with van der Waals surface area (Å²) < 4.78 is 42.7. The number of nitrogens with one attached hydrogen (secondary N) is 1. The molecule has 0 amide bonds. The monoisotopic (exact) mass is 557 g/mol. The molecule has 1 aromatic carbocycles. The van der Waals surface area contributed by atoms with E-state index in [1.165, 1.54) is 23.3 Å². The highest BCUT2D eigenvalue weighted by Gasteiger charge is 2.39. The zero-order valence-corrected chi connectivity index (χ0v) is 23.2. The van der Waals surface area contributed by atoms with Crippen molar-refractivity contribution < 1.29 is 12.8 Å². The molecule has 3 aliphatic rings. The number of halogens is 1. The Kier molecular flexibility index (Phi) is 7.25. The van der Waals surface area contributed by atoms with Crippen LogP contribution >= 0.6 is 0 Å². The Labute approximate surface area is 234 Å². The molecule has 0 saturated carbocycles. The molecule has 3 heterocycles. The van der Waals surface area contributed by atoms with Gasteiger partial charge in [-0.15, -0.1) is 0 Å². The SMILES string of the molecule is C[C@H]1C2=CNN(c3ccc(F)cc3)C2=CC2=C1[C@@H](CN(CCc1ccccn1)S(=O)(=O)Cc1ccncc1)CC2. The van der Waals surface area contributed by atoms with Crippen LogP contribution in [0.5, 0.6) is 0 Å². The van der Waals surface area contributed by atoms with Crippen LogP contribution in [0.1, 0.15) is 31.0 Å². The van der Waals surface area contributed by atoms with E-state index in [4.69, 9.17) is 0 Å². The number of rotatable bonds is 9. The molecule has 0 bridgehead atoms. The summed E-state index contributed by atoms with van der Waals surface area (Å²) in [6, 6.07) is 15.7. The van der Waals surface area contributed by atoms with Crippen LogP contribution in [0.25, 0.3) is 0 Å². The van der Waals surface area contributed by atoms with Crippen molar-refractivity contribution in [2.75, 3.05) is 18.1 Å². The van der Waals surface area contributed by atoms with Crippen molar-refractivity contribution in [2.45, 2.75) is 31.9 Å². The number of fused-ring (bicyclic) bond motifs is 1. The molecular formula is C31H32FN5O2S. The van der Waals surface area contributed by atoms with Gasteiger partial charge >= 0.3 is 0 Å². The van der Waals surface area contributed by atoms with Gasteiger partial charge in [0.2, 0.25) is 10.0 Å². The Morgan fingerprint density at radius 1 is 1.07 bits per heavy atom. The van der Waals surface area contributed by atoms with E-state index in [9.17, 15) is 12.8 Å². The Morgan fingerprint density at radius 2 is 1.88 bits per heavy atom. The van der Waals surface area contributed by atoms with Gasteiger partial charge in [0.25, 0.3) is 0 Å². The molecule has 0 saturated heterocycles. The van der Waals surface area contributed by atoms with E-state index in [1.807, 2.05) is 29.4 Å². The fraction of sp³-hybridized carbons (Fsp3) is 0.290. The van der Waals surface area contributed by atoms with E-state index >= 15 is 0 Å². The lowest BCUT2D eigenvalue weighted by atomic mass is 9.80. The van der Waals surface area contributed by atoms with Crippen LogP contribution in [0.2, 0.25) is 0 Å². The minimum atomic E-state index is -3.58. The molecule has 6 rings (SSSR count). The first-order valence-corrected chi connectivity index (χ1v) is 15.2. The first-order valence-electron chi connectivity index (χ1n) is 13.6. The summed E-state index contributed by atoms with van der Waals surface area (Å²) in [6.45, 7) is 3.02. The Balaban J connectivity index is 1.26. The molecular weight excluding hydrogens is 525 g/mol. The van der Waals surface area contributed by atoms with Gasteiger partial charge in [-0.25, -0.2) is 17.1 Å². The number of allylic oxidation sites excluding steroid dienone is 3. The second-order valence-electron chi connectivity index (χ2n) is 10.5. The molecule has 40 heavy (non-hydrogen) atoms. The van der Waals surface area contributed by atoms with Crippen LogP contribution < -0.4 is 10.4 Å². The molecule has 3 aromatic rings. The standard InChI is InChI=1S/C31H32FN5O2S/c1-22-29-19-35-37(28-9-7-26(32)8-10-28)30(29)18-24-5-6-25(31(22)24)20-36(17-13-27-4-2-3-14-34-27)40(38,39)21-23-11-15-33-16-12-23/h2-4,7-12,14-16,18-19,22,25,35H,5-6,13,17,20-21H2,1H3/t22-,25+/m0/s1. The lowest BCUT2D eigenvalue weighted by molar-refractivity contribution is 0.356. The highest BCUT2D eigenvalue weighted by atomic mass is 32.2. The van der Waals surface area contributed by atoms with E-state index < -0.39 is 10.0 Å². The van der Waals surface area contributed by atoms with Gasteiger partial charge in [0.1, 0.15) is 5.82 Å². The van der Waals surface area contributed by atoms with Crippen molar-refractivity contribution in [1.29, 1.82) is 0 Å². The molecule has 2 atom stereocenters. The number of hydrazine groups is 1. The van der Waals surface area contributed by atoms with Crippen LogP contribution in [0.3, 0.4) is 0 Å². The van der Waals surface area contributed by atoms with E-state index in [0.29, 0.717) is 19.5 Å². The van der Waals surface area contributed by atoms with Gasteiger partial charge in [-0.1, -0.05) is 18.6 Å². The Morgan fingerprint density at radius 3 is 2.62 bits per heavy atom. The number of hydrogen-bond donors (Lipinski definition) is 1. The summed E-state index contributed by atoms with van der Waals surface area (Å²) in [4.78, 5) is 8.44. The molecule has 0 fully saturated rings. The summed E-state index contributed by atoms with van der Waals surface area (Å²) in [7, 11) is -3.58. The first kappa shape index (κ1) is 26.4. The smallest absolute Gasteiger partial charge is 0.218 e. The number of pyridine rings is 2. The summed E-state index contributed by atoms with van der Waals surface area (Å²) in [5.41, 5.74) is 10.6. The number of benzene rings is 1. The van der Waals surface area contributed by atoms with Gasteiger partial charge < -0.3 is 5.43 Å². The topological polar surface area (TPSA) is 78.4 Å². The zero-order chi connectivity index (χ0) is 27.7. The Hall–Kier alpha value is -3.82. The predicted octanol–water partition coefficient (Wildman–Crippen LogP) is 5.14. The number of hydrogen-bond acceptors (Lipinski definition) is 6. The lowest BCUT2D eigenvalue weighted by Crippen LogP contribution is -2.38. The molecule has 2 aliphatic carbocycles. The molecule has 1 N–H and O–H groups in total. The summed E-state index contributed by atoms with van der Waals surface area (Å²) in [5.74, 6) is -0.0600. The average Bonchev–Trinajstić information content (AvgIpc) is 3.57. The highest BCUT2D eigenvalue weighted by Crippen LogP contribution is 2.48. The molecule has 9 heteroatoms. The van der Waals surface area contributed by atoms with E-state index in [1.54, 1.807) is 47.2 Å². The maximum absolute atomic E-state index is 13.8. The van der Waals surface area contributed by atoms with Gasteiger partial charge in [0, 0.05) is 61.5 Å². The van der Waals surface area contributed by atoms with Gasteiger partial charge in [-0.3, -0.25) is 15.0 Å². The molecule has 0 spiro atoms. The van der Waals surface area contributed by atoms with Crippen molar-refractivity contribution in [3.63, 3.8) is 0 Å². The average molecular weight is 558 g/mol. The summed E-state index contributed by atoms with van der Waals surface area (Å²) in [5, 5.41) is 1.99. The van der Waals surface area contributed by atoms with Crippen LogP contribution in [0.4, 0.5) is 10.1 Å². The molecule has 206 valence electrons. The second-order valence-corrected chi connectivity index (χ2v) is 12.5. The van der Waals surface area contributed by atoms with Crippen LogP contribution in [-0.4, -0.2) is 35.8 Å². The van der Waals surface area contributed by atoms with Gasteiger partial charge in [-0.2, -0.15) is 0 Å². The lowest BCUT2D eigenvalue weighted by Gasteiger charge is -2.32. The maximum atomic E-state index is 13.8. The predicted molar refractivity (Wildman–Crippen MR) is 153 cm³/mol. The quantitative estimate of drug-likeness (QED) is 0.393. The van der Waals surface area contributed by atoms with Crippen molar-refractivity contribution in [1.82, 2.24) is 19.7 Å². The molecule has 0 radical (unpaired) electrons. The van der Waals surface area contributed by atoms with Crippen LogP contribution in [-0.2, 0) is 22.2 Å². The number of sulfonamides is 1. The van der Waals surface area contributed by atoms with E-state index in [0.717, 1.165) is 41.1 Å². The van der Waals surface area contributed by atoms with Crippen LogP contribution in [0, 0.1) is 17.7 Å². The minimum absolute atomic E-state index is 0.0579. The highest BCUT2D eigenvalue weighted by molar-refractivity contribution is 7.88. The number of nitrogens with zero attached hydrogens (tertiary/aromatic N) is 4. The normalized spacial score (nSPS) is 20.2. The minimum Gasteiger partial charge on any atom is -0.301 e. The van der Waals surface area contributed by atoms with Crippen molar-refractivity contribution in [3.05, 3.63) is 125 Å². The number of anilines is 1. The van der Waals surface area contributed by atoms with E-state index in [2.05, 4.69) is 28.4 Å². The molecule has 0 unspecified atom stereocenters. The molecule has 2 aromatic heterocycles. The van der Waals surface area contributed by atoms with Crippen molar-refractivity contribution in [3.8, 4) is 0 Å². The third-order valence-corrected chi connectivity index (χ3v) is 9.86. The van der Waals surface area contributed by atoms with Gasteiger partial charge in [-0.05, 0) is 84.5 Å². The number of aromatic nitrogens is 2. The zero-order valence-electron chi connectivity index (χ0n) is 22.4. The second kappa shape index (κ2) is 11.0. The summed E-state index contributed by atoms with van der Waals surface area (Å²) >= 11 is 0. The van der Waals surface area contributed by atoms with Crippen molar-refractivity contribution >= 4 is 15.7 Å². The fourth-order valence-corrected chi connectivity index (χ4v) is 7.63. The third kappa shape index (κ3) is 5.31. The fourth-order valence-electron chi connectivity index (χ4n) is 6.06. The third-order valence-electron chi connectivity index (χ3n) is 8.05. The molecule has 1 aliphatic heterocycles. The largest absolute Gasteiger partial charge is 0.301 e. The Bertz CT molecular complexity index is 1570.